The molecule has 2 aromatic carbocycles. The first kappa shape index (κ1) is 19.8. The highest BCUT2D eigenvalue weighted by Gasteiger charge is 2.14. The highest BCUT2D eigenvalue weighted by atomic mass is 16.5. The average molecular weight is 367 g/mol. The minimum absolute atomic E-state index is 0.249. The van der Waals surface area contributed by atoms with Crippen LogP contribution in [0.5, 0.6) is 11.5 Å². The molecule has 0 aromatic heterocycles. The van der Waals surface area contributed by atoms with Gasteiger partial charge in [0.2, 0.25) is 0 Å². The Balaban J connectivity index is 2.25. The fourth-order valence-corrected chi connectivity index (χ4v) is 2.20. The Bertz CT molecular complexity index is 871. The molecule has 0 aliphatic rings. The van der Waals surface area contributed by atoms with Gasteiger partial charge in [0.05, 0.1) is 7.11 Å². The van der Waals surface area contributed by atoms with E-state index in [1.807, 2.05) is 6.92 Å². The van der Waals surface area contributed by atoms with E-state index in [9.17, 15) is 14.7 Å². The van der Waals surface area contributed by atoms with E-state index in [2.05, 4.69) is 11.9 Å². The molecule has 0 saturated carbocycles. The highest BCUT2D eigenvalue weighted by Crippen LogP contribution is 2.29. The lowest BCUT2D eigenvalue weighted by Gasteiger charge is -2.12. The van der Waals surface area contributed by atoms with Crippen molar-refractivity contribution >= 4 is 18.0 Å². The smallest absolute Gasteiger partial charge is 0.352 e. The maximum atomic E-state index is 12.2. The summed E-state index contributed by atoms with van der Waals surface area (Å²) >= 11 is 0. The second-order valence-electron chi connectivity index (χ2n) is 5.84. The van der Waals surface area contributed by atoms with Gasteiger partial charge in [-0.3, -0.25) is 4.79 Å². The standard InChI is InChI=1S/C21H21NO5/c1-14(2)13-27-18-10-9-15(12-19(18)26-3)11-17(21(24)25)22-20(23)16-7-5-4-6-8-16/h4-12H,1,13H2,2-3H3,(H,22,23)(H,24,25). The summed E-state index contributed by atoms with van der Waals surface area (Å²) in [5.41, 5.74) is 1.52. The summed E-state index contributed by atoms with van der Waals surface area (Å²) in [6, 6.07) is 13.4. The van der Waals surface area contributed by atoms with E-state index >= 15 is 0 Å². The molecule has 6 nitrogen and oxygen atoms in total. The van der Waals surface area contributed by atoms with Crippen LogP contribution in [-0.4, -0.2) is 30.7 Å². The van der Waals surface area contributed by atoms with Crippen molar-refractivity contribution in [2.75, 3.05) is 13.7 Å². The Morgan fingerprint density at radius 1 is 1.15 bits per heavy atom. The van der Waals surface area contributed by atoms with Gasteiger partial charge in [-0.1, -0.05) is 30.8 Å². The number of carboxylic acids is 1. The third-order valence-electron chi connectivity index (χ3n) is 3.49. The minimum atomic E-state index is -1.25. The molecule has 0 bridgehead atoms. The van der Waals surface area contributed by atoms with Crippen molar-refractivity contribution < 1.29 is 24.2 Å². The molecule has 1 amide bonds. The lowest BCUT2D eigenvalue weighted by molar-refractivity contribution is -0.132. The summed E-state index contributed by atoms with van der Waals surface area (Å²) in [5, 5.41) is 11.8. The number of carbonyl (C=O) groups is 2. The fourth-order valence-electron chi connectivity index (χ4n) is 2.20. The summed E-state index contributed by atoms with van der Waals surface area (Å²) in [6.07, 6.45) is 1.36. The quantitative estimate of drug-likeness (QED) is 0.551. The molecule has 140 valence electrons. The van der Waals surface area contributed by atoms with Crippen molar-refractivity contribution in [1.29, 1.82) is 0 Å². The number of rotatable bonds is 8. The predicted molar refractivity (Wildman–Crippen MR) is 103 cm³/mol. The average Bonchev–Trinajstić information content (AvgIpc) is 2.66. The normalized spacial score (nSPS) is 10.8. The second-order valence-corrected chi connectivity index (χ2v) is 5.84. The molecular formula is C21H21NO5. The van der Waals surface area contributed by atoms with Crippen molar-refractivity contribution in [3.63, 3.8) is 0 Å². The summed E-state index contributed by atoms with van der Waals surface area (Å²) in [7, 11) is 1.49. The number of hydrogen-bond acceptors (Lipinski definition) is 4. The maximum Gasteiger partial charge on any atom is 0.352 e. The topological polar surface area (TPSA) is 84.9 Å². The molecule has 0 fully saturated rings. The van der Waals surface area contributed by atoms with Gasteiger partial charge in [-0.05, 0) is 48.4 Å². The zero-order chi connectivity index (χ0) is 19.8. The first-order valence-electron chi connectivity index (χ1n) is 8.17. The summed E-state index contributed by atoms with van der Waals surface area (Å²) in [4.78, 5) is 23.7. The molecule has 0 spiro atoms. The third-order valence-corrected chi connectivity index (χ3v) is 3.49. The molecule has 2 N–H and O–H groups in total. The summed E-state index contributed by atoms with van der Waals surface area (Å²) < 4.78 is 10.9. The molecule has 0 radical (unpaired) electrons. The van der Waals surface area contributed by atoms with Gasteiger partial charge in [0, 0.05) is 5.56 Å². The number of carbonyl (C=O) groups excluding carboxylic acids is 1. The van der Waals surface area contributed by atoms with Crippen LogP contribution in [0.3, 0.4) is 0 Å². The SMILES string of the molecule is C=C(C)COc1ccc(C=C(NC(=O)c2ccccc2)C(=O)O)cc1OC. The van der Waals surface area contributed by atoms with Crippen molar-refractivity contribution in [2.24, 2.45) is 0 Å². The Morgan fingerprint density at radius 3 is 2.44 bits per heavy atom. The molecular weight excluding hydrogens is 346 g/mol. The lowest BCUT2D eigenvalue weighted by Crippen LogP contribution is -2.27. The van der Waals surface area contributed by atoms with Gasteiger partial charge in [-0.15, -0.1) is 0 Å². The van der Waals surface area contributed by atoms with Crippen LogP contribution in [0.2, 0.25) is 0 Å². The predicted octanol–water partition coefficient (Wildman–Crippen LogP) is 3.51. The molecule has 0 atom stereocenters. The maximum absolute atomic E-state index is 12.2. The van der Waals surface area contributed by atoms with E-state index in [-0.39, 0.29) is 5.70 Å². The van der Waals surface area contributed by atoms with Crippen molar-refractivity contribution in [2.45, 2.75) is 6.92 Å². The number of ether oxygens (including phenoxy) is 2. The van der Waals surface area contributed by atoms with Gasteiger partial charge in [-0.25, -0.2) is 4.79 Å². The van der Waals surface area contributed by atoms with Crippen LogP contribution in [0.15, 0.2) is 66.4 Å². The van der Waals surface area contributed by atoms with E-state index in [4.69, 9.17) is 9.47 Å². The van der Waals surface area contributed by atoms with Crippen LogP contribution in [0.1, 0.15) is 22.8 Å². The van der Waals surface area contributed by atoms with E-state index in [1.165, 1.54) is 13.2 Å². The first-order valence-corrected chi connectivity index (χ1v) is 8.17. The molecule has 27 heavy (non-hydrogen) atoms. The Kier molecular flexibility index (Phi) is 6.77. The minimum Gasteiger partial charge on any atom is -0.493 e. The zero-order valence-corrected chi connectivity index (χ0v) is 15.2. The Labute approximate surface area is 157 Å². The van der Waals surface area contributed by atoms with Crippen LogP contribution in [-0.2, 0) is 4.79 Å². The number of amides is 1. The van der Waals surface area contributed by atoms with Crippen molar-refractivity contribution in [3.05, 3.63) is 77.5 Å². The van der Waals surface area contributed by atoms with E-state index < -0.39 is 11.9 Å². The molecule has 0 aliphatic heterocycles. The lowest BCUT2D eigenvalue weighted by atomic mass is 10.1. The molecule has 2 rings (SSSR count). The highest BCUT2D eigenvalue weighted by molar-refractivity contribution is 6.02. The van der Waals surface area contributed by atoms with Gasteiger partial charge in [0.1, 0.15) is 12.3 Å². The Hall–Kier alpha value is -3.54. The van der Waals surface area contributed by atoms with Gasteiger partial charge >= 0.3 is 5.97 Å². The molecule has 0 aliphatic carbocycles. The van der Waals surface area contributed by atoms with E-state index in [1.54, 1.807) is 48.5 Å². The molecule has 2 aromatic rings. The number of methoxy groups -OCH3 is 1. The van der Waals surface area contributed by atoms with Crippen molar-refractivity contribution in [1.82, 2.24) is 5.32 Å². The molecule has 0 unspecified atom stereocenters. The van der Waals surface area contributed by atoms with Crippen LogP contribution in [0.25, 0.3) is 6.08 Å². The number of hydrogen-bond donors (Lipinski definition) is 2. The number of nitrogens with one attached hydrogen (secondary N) is 1. The largest absolute Gasteiger partial charge is 0.493 e. The number of benzene rings is 2. The number of carboxylic acid groups (broad SMARTS) is 1. The van der Waals surface area contributed by atoms with Crippen LogP contribution in [0, 0.1) is 0 Å². The van der Waals surface area contributed by atoms with Gasteiger partial charge in [0.25, 0.3) is 5.91 Å². The fraction of sp³-hybridized carbons (Fsp3) is 0.143. The van der Waals surface area contributed by atoms with Gasteiger partial charge < -0.3 is 19.9 Å². The monoisotopic (exact) mass is 367 g/mol. The van der Waals surface area contributed by atoms with E-state index in [0.717, 1.165) is 5.57 Å². The Morgan fingerprint density at radius 2 is 1.85 bits per heavy atom. The van der Waals surface area contributed by atoms with Crippen LogP contribution >= 0.6 is 0 Å². The molecule has 6 heteroatoms. The molecule has 0 heterocycles. The van der Waals surface area contributed by atoms with E-state index in [0.29, 0.717) is 29.2 Å². The first-order chi connectivity index (χ1) is 12.9. The third kappa shape index (κ3) is 5.74. The van der Waals surface area contributed by atoms with Gasteiger partial charge in [0.15, 0.2) is 11.5 Å². The van der Waals surface area contributed by atoms with Crippen molar-refractivity contribution in [3.8, 4) is 11.5 Å². The van der Waals surface area contributed by atoms with Crippen LogP contribution < -0.4 is 14.8 Å². The van der Waals surface area contributed by atoms with Gasteiger partial charge in [-0.2, -0.15) is 0 Å². The molecule has 0 saturated heterocycles. The number of aliphatic carboxylic acids is 1. The summed E-state index contributed by atoms with van der Waals surface area (Å²) in [6.45, 7) is 5.97. The zero-order valence-electron chi connectivity index (χ0n) is 15.2. The summed E-state index contributed by atoms with van der Waals surface area (Å²) in [5.74, 6) is -0.787. The van der Waals surface area contributed by atoms with Crippen LogP contribution in [0.4, 0.5) is 0 Å². The second kappa shape index (κ2) is 9.24.